The Morgan fingerprint density at radius 2 is 1.96 bits per heavy atom. The summed E-state index contributed by atoms with van der Waals surface area (Å²) >= 11 is 0. The first-order chi connectivity index (χ1) is 13.7. The van der Waals surface area contributed by atoms with E-state index in [9.17, 15) is 0 Å². The van der Waals surface area contributed by atoms with Crippen LogP contribution in [0.5, 0.6) is 5.75 Å². The quantitative estimate of drug-likeness (QED) is 0.693. The van der Waals surface area contributed by atoms with Crippen molar-refractivity contribution in [1.82, 2.24) is 14.9 Å². The Kier molecular flexibility index (Phi) is 5.64. The maximum atomic E-state index is 6.09. The van der Waals surface area contributed by atoms with Crippen molar-refractivity contribution in [3.8, 4) is 5.75 Å². The molecule has 1 atom stereocenters. The fraction of sp³-hybridized carbons (Fsp3) is 0.435. The number of aryl methyl sites for hydroxylation is 1. The van der Waals surface area contributed by atoms with Crippen molar-refractivity contribution < 1.29 is 9.47 Å². The number of nitrogens with zero attached hydrogens (tertiary/aromatic N) is 2. The van der Waals surface area contributed by atoms with Crippen LogP contribution in [-0.4, -0.2) is 47.3 Å². The highest BCUT2D eigenvalue weighted by Gasteiger charge is 2.33. The first-order valence-corrected chi connectivity index (χ1v) is 10.0. The summed E-state index contributed by atoms with van der Waals surface area (Å²) in [5.41, 5.74) is 4.47. The van der Waals surface area contributed by atoms with Crippen LogP contribution in [-0.2, 0) is 11.3 Å². The summed E-state index contributed by atoms with van der Waals surface area (Å²) in [5, 5.41) is 0. The van der Waals surface area contributed by atoms with Crippen LogP contribution in [0.3, 0.4) is 0 Å². The molecule has 0 amide bonds. The average molecular weight is 380 g/mol. The smallest absolute Gasteiger partial charge is 0.119 e. The second kappa shape index (κ2) is 8.33. The molecule has 3 aromatic rings. The highest BCUT2D eigenvalue weighted by atomic mass is 16.5. The van der Waals surface area contributed by atoms with Crippen LogP contribution in [0, 0.1) is 6.92 Å². The molecule has 1 N–H and O–H groups in total. The van der Waals surface area contributed by atoms with Crippen molar-refractivity contribution >= 4 is 11.0 Å². The van der Waals surface area contributed by atoms with E-state index in [1.165, 1.54) is 11.1 Å². The molecular weight excluding hydrogens is 350 g/mol. The van der Waals surface area contributed by atoms with Crippen molar-refractivity contribution in [1.29, 1.82) is 0 Å². The molecule has 148 valence electrons. The molecule has 0 spiro atoms. The minimum absolute atomic E-state index is 0.215. The zero-order chi connectivity index (χ0) is 19.4. The first-order valence-electron chi connectivity index (χ1n) is 10.0. The van der Waals surface area contributed by atoms with Gasteiger partial charge in [-0.25, -0.2) is 4.98 Å². The Balaban J connectivity index is 1.37. The monoisotopic (exact) mass is 379 g/mol. The maximum Gasteiger partial charge on any atom is 0.119 e. The van der Waals surface area contributed by atoms with Crippen LogP contribution in [0.4, 0.5) is 0 Å². The molecule has 28 heavy (non-hydrogen) atoms. The lowest BCUT2D eigenvalue weighted by molar-refractivity contribution is -0.0541. The number of ether oxygens (including phenoxy) is 2. The average Bonchev–Trinajstić information content (AvgIpc) is 3.09. The van der Waals surface area contributed by atoms with Crippen molar-refractivity contribution in [2.24, 2.45) is 0 Å². The molecule has 0 bridgehead atoms. The fourth-order valence-corrected chi connectivity index (χ4v) is 3.98. The van der Waals surface area contributed by atoms with Crippen molar-refractivity contribution in [3.63, 3.8) is 0 Å². The minimum atomic E-state index is -0.215. The van der Waals surface area contributed by atoms with Gasteiger partial charge in [-0.15, -0.1) is 0 Å². The number of imidazole rings is 1. The molecule has 2 heterocycles. The molecule has 5 nitrogen and oxygen atoms in total. The lowest BCUT2D eigenvalue weighted by Gasteiger charge is -2.31. The number of H-pyrrole nitrogens is 1. The Morgan fingerprint density at radius 1 is 1.11 bits per heavy atom. The van der Waals surface area contributed by atoms with Gasteiger partial charge in [0.05, 0.1) is 17.4 Å². The van der Waals surface area contributed by atoms with Gasteiger partial charge in [0.2, 0.25) is 0 Å². The van der Waals surface area contributed by atoms with E-state index < -0.39 is 0 Å². The van der Waals surface area contributed by atoms with Gasteiger partial charge < -0.3 is 14.5 Å². The van der Waals surface area contributed by atoms with E-state index in [4.69, 9.17) is 9.47 Å². The van der Waals surface area contributed by atoms with E-state index in [1.807, 2.05) is 19.2 Å². The number of benzene rings is 2. The van der Waals surface area contributed by atoms with Crippen molar-refractivity contribution in [2.75, 3.05) is 26.8 Å². The Hall–Kier alpha value is -2.37. The number of aromatic nitrogens is 2. The van der Waals surface area contributed by atoms with Crippen LogP contribution < -0.4 is 4.74 Å². The van der Waals surface area contributed by atoms with E-state index in [0.29, 0.717) is 6.61 Å². The third-order valence-electron chi connectivity index (χ3n) is 5.84. The molecule has 5 heteroatoms. The number of fused-ring (bicyclic) bond motifs is 1. The SMILES string of the molecule is COC1(COc2ccc(C)cc2)CCCN(Cc2ccc3nc[nH]c3c2)CC1. The number of hydrogen-bond donors (Lipinski definition) is 1. The van der Waals surface area contributed by atoms with Crippen LogP contribution in [0.25, 0.3) is 11.0 Å². The minimum Gasteiger partial charge on any atom is -0.491 e. The van der Waals surface area contributed by atoms with Gasteiger partial charge in [0.25, 0.3) is 0 Å². The molecule has 1 saturated heterocycles. The standard InChI is InChI=1S/C23H29N3O2/c1-18-4-7-20(8-5-18)28-16-23(27-2)10-3-12-26(13-11-23)15-19-6-9-21-22(14-19)25-17-24-21/h4-9,14,17H,3,10-13,15-16H2,1-2H3,(H,24,25). The maximum absolute atomic E-state index is 6.09. The molecule has 1 aliphatic rings. The van der Waals surface area contributed by atoms with Crippen LogP contribution in [0.15, 0.2) is 48.8 Å². The summed E-state index contributed by atoms with van der Waals surface area (Å²) in [7, 11) is 1.82. The Morgan fingerprint density at radius 3 is 2.79 bits per heavy atom. The Bertz CT molecular complexity index is 906. The van der Waals surface area contributed by atoms with Gasteiger partial charge in [-0.05, 0) is 62.6 Å². The van der Waals surface area contributed by atoms with Crippen LogP contribution in [0.1, 0.15) is 30.4 Å². The molecule has 0 radical (unpaired) electrons. The summed E-state index contributed by atoms with van der Waals surface area (Å²) in [4.78, 5) is 10.0. The lowest BCUT2D eigenvalue weighted by Crippen LogP contribution is -2.39. The van der Waals surface area contributed by atoms with Gasteiger partial charge in [0, 0.05) is 20.2 Å². The summed E-state index contributed by atoms with van der Waals surface area (Å²) < 4.78 is 12.1. The molecular formula is C23H29N3O2. The van der Waals surface area contributed by atoms with Gasteiger partial charge >= 0.3 is 0 Å². The van der Waals surface area contributed by atoms with E-state index in [0.717, 1.165) is 55.7 Å². The summed E-state index contributed by atoms with van der Waals surface area (Å²) in [6.07, 6.45) is 4.85. The Labute approximate surface area is 166 Å². The third kappa shape index (κ3) is 4.37. The number of hydrogen-bond acceptors (Lipinski definition) is 4. The predicted octanol–water partition coefficient (Wildman–Crippen LogP) is 4.32. The third-order valence-corrected chi connectivity index (χ3v) is 5.84. The van der Waals surface area contributed by atoms with Gasteiger partial charge in [0.1, 0.15) is 18.0 Å². The predicted molar refractivity (Wildman–Crippen MR) is 112 cm³/mol. The molecule has 1 aromatic heterocycles. The summed E-state index contributed by atoms with van der Waals surface area (Å²) in [6.45, 7) is 5.72. The molecule has 1 unspecified atom stereocenters. The van der Waals surface area contributed by atoms with Gasteiger partial charge in [-0.3, -0.25) is 4.90 Å². The van der Waals surface area contributed by atoms with Crippen LogP contribution in [0.2, 0.25) is 0 Å². The van der Waals surface area contributed by atoms with Gasteiger partial charge in [-0.2, -0.15) is 0 Å². The molecule has 1 aliphatic heterocycles. The molecule has 1 fully saturated rings. The molecule has 0 saturated carbocycles. The van der Waals surface area contributed by atoms with E-state index in [2.05, 4.69) is 52.1 Å². The summed E-state index contributed by atoms with van der Waals surface area (Å²) in [6, 6.07) is 14.7. The molecule has 4 rings (SSSR count). The van der Waals surface area contributed by atoms with Crippen molar-refractivity contribution in [3.05, 3.63) is 59.9 Å². The largest absolute Gasteiger partial charge is 0.491 e. The van der Waals surface area contributed by atoms with Gasteiger partial charge in [-0.1, -0.05) is 23.8 Å². The van der Waals surface area contributed by atoms with Gasteiger partial charge in [0.15, 0.2) is 0 Å². The zero-order valence-corrected chi connectivity index (χ0v) is 16.8. The zero-order valence-electron chi connectivity index (χ0n) is 16.8. The van der Waals surface area contributed by atoms with E-state index in [-0.39, 0.29) is 5.60 Å². The first kappa shape index (κ1) is 19.0. The highest BCUT2D eigenvalue weighted by molar-refractivity contribution is 5.74. The normalized spacial score (nSPS) is 20.9. The summed E-state index contributed by atoms with van der Waals surface area (Å²) in [5.74, 6) is 0.913. The van der Waals surface area contributed by atoms with E-state index in [1.54, 1.807) is 6.33 Å². The lowest BCUT2D eigenvalue weighted by atomic mass is 9.95. The molecule has 0 aliphatic carbocycles. The van der Waals surface area contributed by atoms with Crippen molar-refractivity contribution in [2.45, 2.75) is 38.3 Å². The second-order valence-electron chi connectivity index (χ2n) is 7.87. The number of nitrogens with one attached hydrogen (secondary N) is 1. The number of aromatic amines is 1. The highest BCUT2D eigenvalue weighted by Crippen LogP contribution is 2.28. The number of likely N-dealkylation sites (tertiary alicyclic amines) is 1. The number of rotatable bonds is 6. The van der Waals surface area contributed by atoms with Crippen LogP contribution >= 0.6 is 0 Å². The fourth-order valence-electron chi connectivity index (χ4n) is 3.98. The second-order valence-corrected chi connectivity index (χ2v) is 7.87. The molecule has 2 aromatic carbocycles. The topological polar surface area (TPSA) is 50.4 Å². The van der Waals surface area contributed by atoms with E-state index >= 15 is 0 Å². The number of methoxy groups -OCH3 is 1.